The van der Waals surface area contributed by atoms with E-state index in [1.54, 1.807) is 31.2 Å². The number of hydrogen-bond acceptors (Lipinski definition) is 3. The van der Waals surface area contributed by atoms with E-state index in [-0.39, 0.29) is 16.7 Å². The number of halogens is 2. The SMILES string of the molecule is Cc1cc(NC(C)c2ccc(Cl)c(Cl)c2)ccc1[N+](=O)[O-]. The fourth-order valence-electron chi connectivity index (χ4n) is 2.07. The van der Waals surface area contributed by atoms with E-state index in [1.807, 2.05) is 13.0 Å². The standard InChI is InChI=1S/C15H14Cl2N2O2/c1-9-7-12(4-6-15(9)19(20)21)18-10(2)11-3-5-13(16)14(17)8-11/h3-8,10,18H,1-2H3. The maximum Gasteiger partial charge on any atom is 0.272 e. The number of nitro benzene ring substituents is 1. The first-order chi connectivity index (χ1) is 9.88. The largest absolute Gasteiger partial charge is 0.379 e. The molecule has 0 amide bonds. The Bertz CT molecular complexity index is 689. The predicted molar refractivity (Wildman–Crippen MR) is 86.3 cm³/mol. The number of rotatable bonds is 4. The van der Waals surface area contributed by atoms with Crippen molar-refractivity contribution in [3.8, 4) is 0 Å². The highest BCUT2D eigenvalue weighted by atomic mass is 35.5. The molecular formula is C15H14Cl2N2O2. The summed E-state index contributed by atoms with van der Waals surface area (Å²) < 4.78 is 0. The van der Waals surface area contributed by atoms with Gasteiger partial charge in [0.05, 0.1) is 15.0 Å². The molecule has 6 heteroatoms. The molecule has 0 saturated carbocycles. The Morgan fingerprint density at radius 1 is 1.14 bits per heavy atom. The number of nitro groups is 1. The van der Waals surface area contributed by atoms with Crippen molar-refractivity contribution in [3.63, 3.8) is 0 Å². The molecule has 2 rings (SSSR count). The molecule has 0 aliphatic heterocycles. The van der Waals surface area contributed by atoms with E-state index in [1.165, 1.54) is 6.07 Å². The maximum absolute atomic E-state index is 10.8. The molecule has 2 aromatic rings. The molecule has 110 valence electrons. The minimum Gasteiger partial charge on any atom is -0.379 e. The minimum absolute atomic E-state index is 0.000577. The lowest BCUT2D eigenvalue weighted by atomic mass is 10.1. The molecule has 0 fully saturated rings. The van der Waals surface area contributed by atoms with Crippen LogP contribution in [0.3, 0.4) is 0 Å². The van der Waals surface area contributed by atoms with Gasteiger partial charge in [0, 0.05) is 23.4 Å². The summed E-state index contributed by atoms with van der Waals surface area (Å²) in [5.74, 6) is 0. The van der Waals surface area contributed by atoms with Crippen molar-refractivity contribution < 1.29 is 4.92 Å². The van der Waals surface area contributed by atoms with Crippen LogP contribution in [-0.2, 0) is 0 Å². The summed E-state index contributed by atoms with van der Waals surface area (Å²) in [5.41, 5.74) is 2.53. The molecular weight excluding hydrogens is 311 g/mol. The zero-order chi connectivity index (χ0) is 15.6. The summed E-state index contributed by atoms with van der Waals surface area (Å²) >= 11 is 11.9. The molecule has 0 spiro atoms. The van der Waals surface area contributed by atoms with Gasteiger partial charge in [-0.25, -0.2) is 0 Å². The molecule has 0 aliphatic carbocycles. The van der Waals surface area contributed by atoms with Gasteiger partial charge >= 0.3 is 0 Å². The zero-order valence-corrected chi connectivity index (χ0v) is 13.1. The molecule has 1 atom stereocenters. The van der Waals surface area contributed by atoms with Crippen molar-refractivity contribution in [2.24, 2.45) is 0 Å². The molecule has 0 radical (unpaired) electrons. The van der Waals surface area contributed by atoms with E-state index < -0.39 is 0 Å². The number of hydrogen-bond donors (Lipinski definition) is 1. The van der Waals surface area contributed by atoms with Crippen LogP contribution in [0.1, 0.15) is 24.1 Å². The first-order valence-electron chi connectivity index (χ1n) is 6.35. The average molecular weight is 325 g/mol. The van der Waals surface area contributed by atoms with Gasteiger partial charge in [0.15, 0.2) is 0 Å². The van der Waals surface area contributed by atoms with Crippen LogP contribution in [0.25, 0.3) is 0 Å². The molecule has 1 unspecified atom stereocenters. The van der Waals surface area contributed by atoms with Crippen molar-refractivity contribution >= 4 is 34.6 Å². The number of nitrogens with one attached hydrogen (secondary N) is 1. The van der Waals surface area contributed by atoms with E-state index in [9.17, 15) is 10.1 Å². The summed E-state index contributed by atoms with van der Waals surface area (Å²) in [6, 6.07) is 10.4. The van der Waals surface area contributed by atoms with Crippen molar-refractivity contribution in [2.75, 3.05) is 5.32 Å². The van der Waals surface area contributed by atoms with E-state index in [0.29, 0.717) is 15.6 Å². The Hall–Kier alpha value is -1.78. The third kappa shape index (κ3) is 3.65. The Balaban J connectivity index is 2.19. The first kappa shape index (κ1) is 15.6. The fourth-order valence-corrected chi connectivity index (χ4v) is 2.37. The monoisotopic (exact) mass is 324 g/mol. The van der Waals surface area contributed by atoms with E-state index in [0.717, 1.165) is 11.3 Å². The van der Waals surface area contributed by atoms with Gasteiger partial charge in [-0.05, 0) is 43.7 Å². The number of nitrogens with zero attached hydrogens (tertiary/aromatic N) is 1. The van der Waals surface area contributed by atoms with Gasteiger partial charge in [-0.2, -0.15) is 0 Å². The van der Waals surface area contributed by atoms with Gasteiger partial charge in [-0.15, -0.1) is 0 Å². The molecule has 0 saturated heterocycles. The highest BCUT2D eigenvalue weighted by molar-refractivity contribution is 6.42. The molecule has 1 N–H and O–H groups in total. The second-order valence-electron chi connectivity index (χ2n) is 4.80. The molecule has 21 heavy (non-hydrogen) atoms. The molecule has 0 bridgehead atoms. The van der Waals surface area contributed by atoms with Gasteiger partial charge < -0.3 is 5.32 Å². The fraction of sp³-hybridized carbons (Fsp3) is 0.200. The highest BCUT2D eigenvalue weighted by Crippen LogP contribution is 2.28. The van der Waals surface area contributed by atoms with E-state index in [4.69, 9.17) is 23.2 Å². The Morgan fingerprint density at radius 2 is 1.86 bits per heavy atom. The number of aryl methyl sites for hydroxylation is 1. The van der Waals surface area contributed by atoms with Crippen LogP contribution in [0, 0.1) is 17.0 Å². The van der Waals surface area contributed by atoms with Crippen LogP contribution in [0.15, 0.2) is 36.4 Å². The van der Waals surface area contributed by atoms with Crippen LogP contribution in [-0.4, -0.2) is 4.92 Å². The van der Waals surface area contributed by atoms with Gasteiger partial charge in [-0.3, -0.25) is 10.1 Å². The predicted octanol–water partition coefficient (Wildman–Crippen LogP) is 5.38. The lowest BCUT2D eigenvalue weighted by molar-refractivity contribution is -0.385. The average Bonchev–Trinajstić information content (AvgIpc) is 2.41. The Kier molecular flexibility index (Phi) is 4.70. The molecule has 0 aromatic heterocycles. The van der Waals surface area contributed by atoms with E-state index in [2.05, 4.69) is 5.32 Å². The maximum atomic E-state index is 10.8. The summed E-state index contributed by atoms with van der Waals surface area (Å²) in [4.78, 5) is 10.4. The molecule has 2 aromatic carbocycles. The van der Waals surface area contributed by atoms with Gasteiger partial charge in [0.25, 0.3) is 5.69 Å². The van der Waals surface area contributed by atoms with Gasteiger partial charge in [-0.1, -0.05) is 29.3 Å². The number of anilines is 1. The second-order valence-corrected chi connectivity index (χ2v) is 5.61. The Labute approximate surface area is 132 Å². The smallest absolute Gasteiger partial charge is 0.272 e. The van der Waals surface area contributed by atoms with Gasteiger partial charge in [0.1, 0.15) is 0 Å². The summed E-state index contributed by atoms with van der Waals surface area (Å²) in [7, 11) is 0. The summed E-state index contributed by atoms with van der Waals surface area (Å²) in [5, 5.41) is 15.1. The molecule has 4 nitrogen and oxygen atoms in total. The third-order valence-electron chi connectivity index (χ3n) is 3.22. The van der Waals surface area contributed by atoms with Crippen molar-refractivity contribution in [1.29, 1.82) is 0 Å². The van der Waals surface area contributed by atoms with Crippen LogP contribution >= 0.6 is 23.2 Å². The normalized spacial score (nSPS) is 12.0. The summed E-state index contributed by atoms with van der Waals surface area (Å²) in [6.07, 6.45) is 0. The third-order valence-corrected chi connectivity index (χ3v) is 3.96. The highest BCUT2D eigenvalue weighted by Gasteiger charge is 2.12. The van der Waals surface area contributed by atoms with Crippen molar-refractivity contribution in [2.45, 2.75) is 19.9 Å². The quantitative estimate of drug-likeness (QED) is 0.606. The Morgan fingerprint density at radius 3 is 2.43 bits per heavy atom. The zero-order valence-electron chi connectivity index (χ0n) is 11.6. The molecule has 0 heterocycles. The topological polar surface area (TPSA) is 55.2 Å². The number of benzene rings is 2. The van der Waals surface area contributed by atoms with Crippen molar-refractivity contribution in [3.05, 3.63) is 67.7 Å². The lowest BCUT2D eigenvalue weighted by Crippen LogP contribution is -2.07. The van der Waals surface area contributed by atoms with Crippen molar-refractivity contribution in [1.82, 2.24) is 0 Å². The van der Waals surface area contributed by atoms with Crippen LogP contribution in [0.4, 0.5) is 11.4 Å². The van der Waals surface area contributed by atoms with E-state index >= 15 is 0 Å². The minimum atomic E-state index is -0.387. The lowest BCUT2D eigenvalue weighted by Gasteiger charge is -2.16. The summed E-state index contributed by atoms with van der Waals surface area (Å²) in [6.45, 7) is 3.70. The second kappa shape index (κ2) is 6.33. The molecule has 0 aliphatic rings. The van der Waals surface area contributed by atoms with Crippen LogP contribution < -0.4 is 5.32 Å². The van der Waals surface area contributed by atoms with Gasteiger partial charge in [0.2, 0.25) is 0 Å². The first-order valence-corrected chi connectivity index (χ1v) is 7.10. The van der Waals surface area contributed by atoms with Crippen LogP contribution in [0.5, 0.6) is 0 Å². The van der Waals surface area contributed by atoms with Crippen LogP contribution in [0.2, 0.25) is 10.0 Å².